The summed E-state index contributed by atoms with van der Waals surface area (Å²) in [6.45, 7) is 4.16. The predicted molar refractivity (Wildman–Crippen MR) is 102 cm³/mol. The number of para-hydroxylation sites is 1. The molecule has 3 atom stereocenters. The fourth-order valence-electron chi connectivity index (χ4n) is 3.06. The minimum atomic E-state index is -1.44. The number of carbonyl (C=O) groups excluding carboxylic acids is 3. The van der Waals surface area contributed by atoms with Gasteiger partial charge in [0.15, 0.2) is 6.29 Å². The summed E-state index contributed by atoms with van der Waals surface area (Å²) in [6, 6.07) is 5.00. The van der Waals surface area contributed by atoms with Gasteiger partial charge in [-0.2, -0.15) is 0 Å². The van der Waals surface area contributed by atoms with Crippen LogP contribution in [-0.2, 0) is 30.3 Å². The Bertz CT molecular complexity index is 756. The standard InChI is InChI=1S/C19H26BNO8/c1-11(22)6-4-9-17(24)21-16-10-14-7-5-8-15(18(14)29-20(16)26)19(25)28-13(3)27-12(2)23/h5,7-8,13,16,19,25-26H,4,6,9-10H2,1-3H3,(H,21,24)/t13?,16-,19?/m0/s1. The lowest BCUT2D eigenvalue weighted by Gasteiger charge is -2.30. The number of Topliss-reactive ketones (excluding diaryl/α,β-unsaturated/α-hetero) is 1. The summed E-state index contributed by atoms with van der Waals surface area (Å²) < 4.78 is 15.6. The maximum atomic E-state index is 12.0. The van der Waals surface area contributed by atoms with E-state index in [1.165, 1.54) is 20.8 Å². The van der Waals surface area contributed by atoms with E-state index in [0.29, 0.717) is 18.4 Å². The molecule has 0 bridgehead atoms. The van der Waals surface area contributed by atoms with Crippen molar-refractivity contribution in [2.45, 2.75) is 65.0 Å². The lowest BCUT2D eigenvalue weighted by Crippen LogP contribution is -2.53. The summed E-state index contributed by atoms with van der Waals surface area (Å²) in [4.78, 5) is 34.0. The van der Waals surface area contributed by atoms with Crippen LogP contribution in [0.25, 0.3) is 0 Å². The van der Waals surface area contributed by atoms with E-state index in [0.717, 1.165) is 0 Å². The molecule has 0 fully saturated rings. The van der Waals surface area contributed by atoms with Crippen molar-refractivity contribution >= 4 is 24.8 Å². The lowest BCUT2D eigenvalue weighted by atomic mass is 9.72. The van der Waals surface area contributed by atoms with Crippen molar-refractivity contribution in [3.05, 3.63) is 29.3 Å². The van der Waals surface area contributed by atoms with Gasteiger partial charge in [-0.05, 0) is 32.3 Å². The van der Waals surface area contributed by atoms with Gasteiger partial charge >= 0.3 is 13.1 Å². The van der Waals surface area contributed by atoms with Crippen LogP contribution in [0, 0.1) is 0 Å². The minimum absolute atomic E-state index is 0.0177. The van der Waals surface area contributed by atoms with E-state index in [4.69, 9.17) is 14.1 Å². The van der Waals surface area contributed by atoms with E-state index in [1.807, 2.05) is 0 Å². The zero-order valence-corrected chi connectivity index (χ0v) is 16.7. The number of carbonyl (C=O) groups is 3. The van der Waals surface area contributed by atoms with Crippen LogP contribution in [0.2, 0.25) is 0 Å². The Hall–Kier alpha value is -2.43. The number of hydrogen-bond acceptors (Lipinski definition) is 8. The highest BCUT2D eigenvalue weighted by molar-refractivity contribution is 6.46. The highest BCUT2D eigenvalue weighted by Crippen LogP contribution is 2.34. The van der Waals surface area contributed by atoms with E-state index in [2.05, 4.69) is 5.32 Å². The molecule has 1 heterocycles. The second kappa shape index (κ2) is 10.4. The van der Waals surface area contributed by atoms with Gasteiger partial charge in [0.2, 0.25) is 12.2 Å². The molecule has 0 saturated heterocycles. The Balaban J connectivity index is 2.03. The molecule has 2 unspecified atom stereocenters. The summed E-state index contributed by atoms with van der Waals surface area (Å²) in [6.07, 6.45) is -1.19. The topological polar surface area (TPSA) is 131 Å². The second-order valence-corrected chi connectivity index (χ2v) is 6.94. The Kier molecular flexibility index (Phi) is 8.18. The molecule has 3 N–H and O–H groups in total. The Morgan fingerprint density at radius 2 is 2.03 bits per heavy atom. The van der Waals surface area contributed by atoms with Crippen molar-refractivity contribution < 1.29 is 38.6 Å². The van der Waals surface area contributed by atoms with E-state index < -0.39 is 31.6 Å². The molecule has 1 aromatic rings. The van der Waals surface area contributed by atoms with Crippen molar-refractivity contribution in [2.24, 2.45) is 0 Å². The number of aliphatic hydroxyl groups excluding tert-OH is 1. The van der Waals surface area contributed by atoms with Crippen LogP contribution in [0.5, 0.6) is 5.75 Å². The number of benzene rings is 1. The maximum Gasteiger partial charge on any atom is 0.547 e. The average Bonchev–Trinajstić information content (AvgIpc) is 2.60. The molecule has 0 saturated carbocycles. The first-order valence-electron chi connectivity index (χ1n) is 9.43. The normalized spacial score (nSPS) is 17.6. The molecule has 1 aliphatic rings. The SMILES string of the molecule is CC(=O)CCCC(=O)N[C@H]1Cc2cccc(C(O)OC(C)OC(C)=O)c2OB1O. The minimum Gasteiger partial charge on any atom is -0.534 e. The highest BCUT2D eigenvalue weighted by Gasteiger charge is 2.37. The van der Waals surface area contributed by atoms with Crippen molar-refractivity contribution in [2.75, 3.05) is 0 Å². The van der Waals surface area contributed by atoms with Gasteiger partial charge in [0, 0.05) is 25.3 Å². The Morgan fingerprint density at radius 3 is 2.69 bits per heavy atom. The number of ketones is 1. The summed E-state index contributed by atoms with van der Waals surface area (Å²) in [5.74, 6) is -1.22. The molecule has 10 heteroatoms. The number of hydrogen-bond donors (Lipinski definition) is 3. The molecular weight excluding hydrogens is 381 g/mol. The first kappa shape index (κ1) is 22.9. The zero-order valence-electron chi connectivity index (χ0n) is 16.7. The van der Waals surface area contributed by atoms with Gasteiger partial charge in [0.25, 0.3) is 0 Å². The summed E-state index contributed by atoms with van der Waals surface area (Å²) in [5, 5.41) is 23.3. The predicted octanol–water partition coefficient (Wildman–Crippen LogP) is 0.802. The highest BCUT2D eigenvalue weighted by atomic mass is 16.7. The number of esters is 1. The van der Waals surface area contributed by atoms with Gasteiger partial charge in [0.1, 0.15) is 11.5 Å². The monoisotopic (exact) mass is 407 g/mol. The first-order chi connectivity index (χ1) is 13.7. The van der Waals surface area contributed by atoms with Crippen LogP contribution in [0.4, 0.5) is 0 Å². The van der Waals surface area contributed by atoms with Crippen LogP contribution in [-0.4, -0.2) is 47.1 Å². The molecule has 0 aliphatic carbocycles. The number of amides is 1. The number of aliphatic hydroxyl groups is 1. The molecule has 1 aliphatic heterocycles. The van der Waals surface area contributed by atoms with Crippen molar-refractivity contribution in [1.82, 2.24) is 5.32 Å². The third-order valence-corrected chi connectivity index (χ3v) is 4.35. The van der Waals surface area contributed by atoms with Crippen molar-refractivity contribution in [1.29, 1.82) is 0 Å². The van der Waals surface area contributed by atoms with Gasteiger partial charge < -0.3 is 34.4 Å². The molecule has 1 aromatic carbocycles. The van der Waals surface area contributed by atoms with Gasteiger partial charge in [-0.15, -0.1) is 0 Å². The third-order valence-electron chi connectivity index (χ3n) is 4.35. The molecule has 29 heavy (non-hydrogen) atoms. The molecule has 0 radical (unpaired) electrons. The molecule has 2 rings (SSSR count). The maximum absolute atomic E-state index is 12.0. The second-order valence-electron chi connectivity index (χ2n) is 6.94. The van der Waals surface area contributed by atoms with Gasteiger partial charge in [-0.1, -0.05) is 18.2 Å². The number of ether oxygens (including phenoxy) is 2. The van der Waals surface area contributed by atoms with Crippen LogP contribution in [0.3, 0.4) is 0 Å². The largest absolute Gasteiger partial charge is 0.547 e. The van der Waals surface area contributed by atoms with Gasteiger partial charge in [0.05, 0.1) is 5.94 Å². The molecule has 0 spiro atoms. The summed E-state index contributed by atoms with van der Waals surface area (Å²) >= 11 is 0. The van der Waals surface area contributed by atoms with Crippen molar-refractivity contribution in [3.8, 4) is 5.75 Å². The van der Waals surface area contributed by atoms with Crippen LogP contribution in [0.15, 0.2) is 18.2 Å². The molecule has 0 aromatic heterocycles. The Labute approximate surface area is 169 Å². The molecule has 158 valence electrons. The number of nitrogens with one attached hydrogen (secondary N) is 1. The van der Waals surface area contributed by atoms with Crippen LogP contribution in [0.1, 0.15) is 57.5 Å². The lowest BCUT2D eigenvalue weighted by molar-refractivity contribution is -0.222. The van der Waals surface area contributed by atoms with E-state index in [9.17, 15) is 24.5 Å². The molecule has 9 nitrogen and oxygen atoms in total. The zero-order chi connectivity index (χ0) is 21.6. The quantitative estimate of drug-likeness (QED) is 0.311. The summed E-state index contributed by atoms with van der Waals surface area (Å²) in [5.41, 5.74) is 0.941. The van der Waals surface area contributed by atoms with E-state index in [1.54, 1.807) is 18.2 Å². The molecule has 1 amide bonds. The fourth-order valence-corrected chi connectivity index (χ4v) is 3.06. The van der Waals surface area contributed by atoms with E-state index in [-0.39, 0.29) is 35.8 Å². The van der Waals surface area contributed by atoms with Crippen LogP contribution >= 0.6 is 0 Å². The summed E-state index contributed by atoms with van der Waals surface area (Å²) in [7, 11) is -1.32. The fraction of sp³-hybridized carbons (Fsp3) is 0.526. The van der Waals surface area contributed by atoms with Gasteiger partial charge in [-0.25, -0.2) is 0 Å². The third kappa shape index (κ3) is 6.84. The smallest absolute Gasteiger partial charge is 0.534 e. The van der Waals surface area contributed by atoms with Gasteiger partial charge in [-0.3, -0.25) is 9.59 Å². The van der Waals surface area contributed by atoms with E-state index >= 15 is 0 Å². The van der Waals surface area contributed by atoms with Crippen molar-refractivity contribution in [3.63, 3.8) is 0 Å². The Morgan fingerprint density at radius 1 is 1.31 bits per heavy atom. The number of rotatable bonds is 9. The average molecular weight is 407 g/mol. The molecular formula is C19H26BNO8. The van der Waals surface area contributed by atoms with Crippen LogP contribution < -0.4 is 9.97 Å². The first-order valence-corrected chi connectivity index (χ1v) is 9.43. The number of fused-ring (bicyclic) bond motifs is 1.